The smallest absolute Gasteiger partial charge is 0.264 e. The second-order valence-electron chi connectivity index (χ2n) is 9.04. The Morgan fingerprint density at radius 2 is 1.97 bits per heavy atom. The van der Waals surface area contributed by atoms with Gasteiger partial charge in [0.15, 0.2) is 0 Å². The van der Waals surface area contributed by atoms with Crippen LogP contribution >= 0.6 is 0 Å². The molecule has 6 rings (SSSR count). The fourth-order valence-electron chi connectivity index (χ4n) is 5.24. The molecule has 3 aromatic heterocycles. The van der Waals surface area contributed by atoms with E-state index in [-0.39, 0.29) is 5.56 Å². The highest BCUT2D eigenvalue weighted by Gasteiger charge is 2.28. The quantitative estimate of drug-likeness (QED) is 0.484. The third-order valence-electron chi connectivity index (χ3n) is 6.93. The number of halogens is 2. The summed E-state index contributed by atoms with van der Waals surface area (Å²) in [4.78, 5) is 4.48. The van der Waals surface area contributed by atoms with Gasteiger partial charge in [-0.2, -0.15) is 10.2 Å². The van der Waals surface area contributed by atoms with Gasteiger partial charge in [-0.15, -0.1) is 0 Å². The molecule has 0 saturated carbocycles. The summed E-state index contributed by atoms with van der Waals surface area (Å²) in [7, 11) is 1.78. The van der Waals surface area contributed by atoms with Gasteiger partial charge < -0.3 is 10.1 Å². The highest BCUT2D eigenvalue weighted by molar-refractivity contribution is 5.98. The summed E-state index contributed by atoms with van der Waals surface area (Å²) in [5.74, 6) is 0. The Hall–Kier alpha value is -3.17. The molecular formula is C25H26F2N6O. The number of hydrogen-bond donors (Lipinski definition) is 1. The number of rotatable bonds is 4. The third kappa shape index (κ3) is 3.59. The van der Waals surface area contributed by atoms with Crippen molar-refractivity contribution in [3.8, 4) is 22.4 Å². The van der Waals surface area contributed by atoms with Gasteiger partial charge in [0.1, 0.15) is 0 Å². The van der Waals surface area contributed by atoms with E-state index in [2.05, 4.69) is 20.1 Å². The van der Waals surface area contributed by atoms with Crippen LogP contribution in [0.15, 0.2) is 36.9 Å². The van der Waals surface area contributed by atoms with Crippen molar-refractivity contribution in [1.82, 2.24) is 29.9 Å². The number of nitrogens with one attached hydrogen (secondary N) is 1. The SMILES string of the molecule is Cn1cc(-c2cc3cncc(-c4nn(C5CCOCC5)c5c4CNCC5)c3cc2C(F)F)cn1. The molecule has 1 N–H and O–H groups in total. The lowest BCUT2D eigenvalue weighted by molar-refractivity contribution is 0.0654. The van der Waals surface area contributed by atoms with E-state index in [0.717, 1.165) is 66.6 Å². The molecule has 1 aromatic carbocycles. The average Bonchev–Trinajstić information content (AvgIpc) is 3.47. The van der Waals surface area contributed by atoms with Gasteiger partial charge in [-0.1, -0.05) is 0 Å². The highest BCUT2D eigenvalue weighted by atomic mass is 19.3. The van der Waals surface area contributed by atoms with Crippen LogP contribution in [0.25, 0.3) is 33.2 Å². The number of pyridine rings is 1. The zero-order valence-corrected chi connectivity index (χ0v) is 19.0. The Morgan fingerprint density at radius 3 is 2.74 bits per heavy atom. The molecule has 0 atom stereocenters. The highest BCUT2D eigenvalue weighted by Crippen LogP contribution is 2.39. The van der Waals surface area contributed by atoms with Crippen molar-refractivity contribution < 1.29 is 13.5 Å². The van der Waals surface area contributed by atoms with Gasteiger partial charge in [0.2, 0.25) is 0 Å². The van der Waals surface area contributed by atoms with Crippen molar-refractivity contribution in [3.63, 3.8) is 0 Å². The molecule has 2 aliphatic rings. The molecule has 0 amide bonds. The average molecular weight is 465 g/mol. The van der Waals surface area contributed by atoms with Crippen molar-refractivity contribution >= 4 is 10.8 Å². The van der Waals surface area contributed by atoms with E-state index in [1.165, 1.54) is 5.69 Å². The molecule has 5 heterocycles. The molecule has 0 radical (unpaired) electrons. The Morgan fingerprint density at radius 1 is 1.12 bits per heavy atom. The summed E-state index contributed by atoms with van der Waals surface area (Å²) in [6.07, 6.45) is 6.99. The molecule has 2 aliphatic heterocycles. The van der Waals surface area contributed by atoms with Crippen LogP contribution in [0, 0.1) is 0 Å². The fourth-order valence-corrected chi connectivity index (χ4v) is 5.24. The lowest BCUT2D eigenvalue weighted by atomic mass is 9.94. The van der Waals surface area contributed by atoms with Crippen molar-refractivity contribution in [3.05, 3.63) is 53.7 Å². The molecule has 9 heteroatoms. The van der Waals surface area contributed by atoms with Gasteiger partial charge in [0.05, 0.1) is 17.9 Å². The number of hydrogen-bond acceptors (Lipinski definition) is 5. The minimum Gasteiger partial charge on any atom is -0.381 e. The van der Waals surface area contributed by atoms with Crippen molar-refractivity contribution in [2.24, 2.45) is 7.05 Å². The second kappa shape index (κ2) is 8.56. The summed E-state index contributed by atoms with van der Waals surface area (Å²) >= 11 is 0. The number of ether oxygens (including phenoxy) is 1. The first kappa shape index (κ1) is 21.4. The van der Waals surface area contributed by atoms with Crippen LogP contribution in [-0.2, 0) is 24.8 Å². The van der Waals surface area contributed by atoms with E-state index in [4.69, 9.17) is 9.84 Å². The molecular weight excluding hydrogens is 438 g/mol. The maximum absolute atomic E-state index is 14.2. The molecule has 4 aromatic rings. The minimum absolute atomic E-state index is 0.0104. The molecule has 1 saturated heterocycles. The van der Waals surface area contributed by atoms with Gasteiger partial charge in [0.25, 0.3) is 6.43 Å². The van der Waals surface area contributed by atoms with E-state index in [9.17, 15) is 8.78 Å². The summed E-state index contributed by atoms with van der Waals surface area (Å²) < 4.78 is 37.8. The molecule has 1 fully saturated rings. The Bertz CT molecular complexity index is 1360. The molecule has 0 spiro atoms. The Kier molecular flexibility index (Phi) is 5.38. The second-order valence-corrected chi connectivity index (χ2v) is 9.04. The van der Waals surface area contributed by atoms with Gasteiger partial charge >= 0.3 is 0 Å². The first-order valence-corrected chi connectivity index (χ1v) is 11.7. The zero-order valence-electron chi connectivity index (χ0n) is 19.0. The largest absolute Gasteiger partial charge is 0.381 e. The van der Waals surface area contributed by atoms with E-state index in [1.807, 2.05) is 0 Å². The molecule has 34 heavy (non-hydrogen) atoms. The molecule has 0 bridgehead atoms. The van der Waals surface area contributed by atoms with Crippen LogP contribution in [0.2, 0.25) is 0 Å². The predicted molar refractivity (Wildman–Crippen MR) is 125 cm³/mol. The van der Waals surface area contributed by atoms with E-state index >= 15 is 0 Å². The summed E-state index contributed by atoms with van der Waals surface area (Å²) in [6, 6.07) is 3.70. The zero-order chi connectivity index (χ0) is 23.2. The summed E-state index contributed by atoms with van der Waals surface area (Å²) in [5.41, 5.74) is 5.13. The minimum atomic E-state index is -2.61. The number of aryl methyl sites for hydroxylation is 1. The van der Waals surface area contributed by atoms with E-state index in [1.54, 1.807) is 48.6 Å². The first-order chi connectivity index (χ1) is 16.6. The van der Waals surface area contributed by atoms with E-state index in [0.29, 0.717) is 23.7 Å². The normalized spacial score (nSPS) is 16.9. The van der Waals surface area contributed by atoms with Crippen molar-refractivity contribution in [1.29, 1.82) is 0 Å². The Balaban J connectivity index is 1.54. The van der Waals surface area contributed by atoms with Crippen molar-refractivity contribution in [2.45, 2.75) is 38.3 Å². The van der Waals surface area contributed by atoms with Crippen LogP contribution < -0.4 is 5.32 Å². The van der Waals surface area contributed by atoms with Gasteiger partial charge in [-0.05, 0) is 35.9 Å². The van der Waals surface area contributed by atoms with E-state index < -0.39 is 6.43 Å². The fraction of sp³-hybridized carbons (Fsp3) is 0.400. The van der Waals surface area contributed by atoms with Gasteiger partial charge in [-0.25, -0.2) is 8.78 Å². The molecule has 7 nitrogen and oxygen atoms in total. The van der Waals surface area contributed by atoms with Gasteiger partial charge in [0, 0.05) is 91.7 Å². The van der Waals surface area contributed by atoms with Gasteiger partial charge in [-0.3, -0.25) is 14.3 Å². The van der Waals surface area contributed by atoms with Crippen LogP contribution in [0.3, 0.4) is 0 Å². The van der Waals surface area contributed by atoms with Crippen LogP contribution in [-0.4, -0.2) is 44.3 Å². The third-order valence-corrected chi connectivity index (χ3v) is 6.93. The number of fused-ring (bicyclic) bond motifs is 2. The maximum atomic E-state index is 14.2. The lowest BCUT2D eigenvalue weighted by Gasteiger charge is -2.25. The van der Waals surface area contributed by atoms with Crippen LogP contribution in [0.4, 0.5) is 8.78 Å². The summed E-state index contributed by atoms with van der Waals surface area (Å²) in [5, 5.41) is 14.2. The maximum Gasteiger partial charge on any atom is 0.264 e. The monoisotopic (exact) mass is 464 g/mol. The molecule has 0 aliphatic carbocycles. The first-order valence-electron chi connectivity index (χ1n) is 11.7. The lowest BCUT2D eigenvalue weighted by Crippen LogP contribution is -2.28. The van der Waals surface area contributed by atoms with Crippen LogP contribution in [0.1, 0.15) is 42.1 Å². The number of benzene rings is 1. The molecule has 176 valence electrons. The standard InChI is InChI=1S/C25H26F2N6O/c1-32-14-16(11-30-32)18-8-15-10-29-12-21(19(15)9-20(18)25(26)27)24-22-13-28-5-2-23(22)33(31-24)17-3-6-34-7-4-17/h8-12,14,17,25,28H,2-7,13H2,1H3. The number of nitrogens with zero attached hydrogens (tertiary/aromatic N) is 5. The van der Waals surface area contributed by atoms with Crippen molar-refractivity contribution in [2.75, 3.05) is 19.8 Å². The predicted octanol–water partition coefficient (Wildman–Crippen LogP) is 4.43. The number of alkyl halides is 2. The van der Waals surface area contributed by atoms with Crippen LogP contribution in [0.5, 0.6) is 0 Å². The molecule has 0 unspecified atom stereocenters. The topological polar surface area (TPSA) is 69.8 Å². The Labute approximate surface area is 195 Å². The number of aromatic nitrogens is 5. The summed E-state index contributed by atoms with van der Waals surface area (Å²) in [6.45, 7) is 3.08.